The van der Waals surface area contributed by atoms with Crippen LogP contribution in [0.25, 0.3) is 11.3 Å². The summed E-state index contributed by atoms with van der Waals surface area (Å²) >= 11 is 0. The smallest absolute Gasteiger partial charge is 0.101 e. The second-order valence-corrected chi connectivity index (χ2v) is 3.28. The highest BCUT2D eigenvalue weighted by Gasteiger charge is 2.04. The minimum absolute atomic E-state index is 0.538. The molecule has 0 aliphatic rings. The van der Waals surface area contributed by atoms with Crippen molar-refractivity contribution in [3.8, 4) is 17.3 Å². The van der Waals surface area contributed by atoms with E-state index in [1.54, 1.807) is 12.3 Å². The Labute approximate surface area is 88.2 Å². The van der Waals surface area contributed by atoms with Crippen molar-refractivity contribution < 1.29 is 0 Å². The summed E-state index contributed by atoms with van der Waals surface area (Å²) in [6.07, 6.45) is 1.77. The number of nitrogens with two attached hydrogens (primary N) is 1. The van der Waals surface area contributed by atoms with Gasteiger partial charge in [0.05, 0.1) is 11.3 Å². The summed E-state index contributed by atoms with van der Waals surface area (Å²) in [5.74, 6) is 0. The van der Waals surface area contributed by atoms with Gasteiger partial charge in [0.2, 0.25) is 0 Å². The van der Waals surface area contributed by atoms with Gasteiger partial charge >= 0.3 is 0 Å². The number of H-pyrrole nitrogens is 1. The first-order valence-corrected chi connectivity index (χ1v) is 4.72. The number of nitriles is 1. The lowest BCUT2D eigenvalue weighted by atomic mass is 10.1. The molecule has 2 rings (SSSR count). The Morgan fingerprint density at radius 1 is 1.20 bits per heavy atom. The number of hydrogen-bond donors (Lipinski definition) is 2. The maximum Gasteiger partial charge on any atom is 0.101 e. The Kier molecular flexibility index (Phi) is 2.53. The number of hydrogen-bond acceptors (Lipinski definition) is 2. The third kappa shape index (κ3) is 1.76. The number of rotatable bonds is 2. The van der Waals surface area contributed by atoms with Crippen molar-refractivity contribution in [2.24, 2.45) is 5.73 Å². The molecule has 1 aromatic carbocycles. The molecule has 0 aliphatic heterocycles. The second-order valence-electron chi connectivity index (χ2n) is 3.28. The number of nitrogens with one attached hydrogen (secondary N) is 1. The van der Waals surface area contributed by atoms with E-state index in [1.165, 1.54) is 0 Å². The fraction of sp³-hybridized carbons (Fsp3) is 0.0833. The highest BCUT2D eigenvalue weighted by molar-refractivity contribution is 5.66. The molecule has 3 heteroatoms. The monoisotopic (exact) mass is 197 g/mol. The lowest BCUT2D eigenvalue weighted by Crippen LogP contribution is -1.95. The first-order valence-electron chi connectivity index (χ1n) is 4.72. The van der Waals surface area contributed by atoms with E-state index in [9.17, 15) is 0 Å². The quantitative estimate of drug-likeness (QED) is 0.773. The Hall–Kier alpha value is -2.05. The Morgan fingerprint density at radius 2 is 1.93 bits per heavy atom. The van der Waals surface area contributed by atoms with Crippen molar-refractivity contribution in [2.75, 3.05) is 0 Å². The van der Waals surface area contributed by atoms with Crippen molar-refractivity contribution >= 4 is 0 Å². The summed E-state index contributed by atoms with van der Waals surface area (Å²) in [5, 5.41) is 8.88. The third-order valence-corrected chi connectivity index (χ3v) is 2.35. The first-order chi connectivity index (χ1) is 7.35. The molecule has 0 saturated heterocycles. The van der Waals surface area contributed by atoms with Crippen LogP contribution in [-0.2, 0) is 6.54 Å². The van der Waals surface area contributed by atoms with E-state index >= 15 is 0 Å². The van der Waals surface area contributed by atoms with Gasteiger partial charge in [-0.05, 0) is 17.2 Å². The lowest BCUT2D eigenvalue weighted by molar-refractivity contribution is 1.07. The molecule has 0 saturated carbocycles. The first kappa shape index (κ1) is 9.50. The van der Waals surface area contributed by atoms with Crippen LogP contribution in [0.4, 0.5) is 0 Å². The van der Waals surface area contributed by atoms with Gasteiger partial charge in [-0.25, -0.2) is 0 Å². The summed E-state index contributed by atoms with van der Waals surface area (Å²) in [6.45, 7) is 0.538. The maximum absolute atomic E-state index is 8.88. The van der Waals surface area contributed by atoms with Crippen LogP contribution in [0, 0.1) is 11.3 Å². The summed E-state index contributed by atoms with van der Waals surface area (Å²) in [4.78, 5) is 3.06. The topological polar surface area (TPSA) is 65.6 Å². The summed E-state index contributed by atoms with van der Waals surface area (Å²) in [6, 6.07) is 11.8. The normalized spacial score (nSPS) is 9.87. The van der Waals surface area contributed by atoms with Crippen molar-refractivity contribution in [1.29, 1.82) is 5.26 Å². The molecular weight excluding hydrogens is 186 g/mol. The van der Waals surface area contributed by atoms with Gasteiger partial charge in [0.1, 0.15) is 6.07 Å². The molecule has 0 atom stereocenters. The summed E-state index contributed by atoms with van der Waals surface area (Å²) in [7, 11) is 0. The van der Waals surface area contributed by atoms with Gasteiger partial charge in [0, 0.05) is 12.7 Å². The second kappa shape index (κ2) is 3.99. The van der Waals surface area contributed by atoms with E-state index in [0.29, 0.717) is 12.1 Å². The summed E-state index contributed by atoms with van der Waals surface area (Å²) < 4.78 is 0. The van der Waals surface area contributed by atoms with E-state index in [4.69, 9.17) is 11.0 Å². The molecule has 0 fully saturated rings. The minimum atomic E-state index is 0.538. The van der Waals surface area contributed by atoms with Crippen molar-refractivity contribution in [2.45, 2.75) is 6.54 Å². The lowest BCUT2D eigenvalue weighted by Gasteiger charge is -2.01. The van der Waals surface area contributed by atoms with Crippen molar-refractivity contribution in [1.82, 2.24) is 4.98 Å². The highest BCUT2D eigenvalue weighted by atomic mass is 14.7. The molecule has 74 valence electrons. The van der Waals surface area contributed by atoms with Crippen LogP contribution < -0.4 is 5.73 Å². The minimum Gasteiger partial charge on any atom is -0.360 e. The highest BCUT2D eigenvalue weighted by Crippen LogP contribution is 2.21. The number of nitrogens with zero attached hydrogens (tertiary/aromatic N) is 1. The molecule has 0 spiro atoms. The predicted octanol–water partition coefficient (Wildman–Crippen LogP) is 2.01. The molecule has 1 aromatic heterocycles. The van der Waals surface area contributed by atoms with Crippen LogP contribution in [0.1, 0.15) is 11.1 Å². The van der Waals surface area contributed by atoms with E-state index < -0.39 is 0 Å². The van der Waals surface area contributed by atoms with Gasteiger partial charge in [0.15, 0.2) is 0 Å². The van der Waals surface area contributed by atoms with Crippen LogP contribution >= 0.6 is 0 Å². The van der Waals surface area contributed by atoms with Gasteiger partial charge in [-0.1, -0.05) is 24.3 Å². The molecule has 0 unspecified atom stereocenters. The van der Waals surface area contributed by atoms with Crippen LogP contribution in [0.5, 0.6) is 0 Å². The predicted molar refractivity (Wildman–Crippen MR) is 58.8 cm³/mol. The average molecular weight is 197 g/mol. The van der Waals surface area contributed by atoms with Crippen LogP contribution in [0.15, 0.2) is 36.5 Å². The molecule has 15 heavy (non-hydrogen) atoms. The van der Waals surface area contributed by atoms with Crippen LogP contribution in [-0.4, -0.2) is 4.98 Å². The van der Waals surface area contributed by atoms with Crippen LogP contribution in [0.2, 0.25) is 0 Å². The Bertz CT molecular complexity index is 488. The zero-order valence-electron chi connectivity index (χ0n) is 8.20. The molecule has 0 amide bonds. The molecule has 2 aromatic rings. The molecule has 0 aliphatic carbocycles. The molecule has 0 radical (unpaired) electrons. The zero-order valence-corrected chi connectivity index (χ0v) is 8.20. The molecule has 3 nitrogen and oxygen atoms in total. The van der Waals surface area contributed by atoms with E-state index in [1.807, 2.05) is 24.3 Å². The molecule has 0 bridgehead atoms. The van der Waals surface area contributed by atoms with E-state index in [-0.39, 0.29) is 0 Å². The number of aromatic amines is 1. The Balaban J connectivity index is 2.42. The van der Waals surface area contributed by atoms with Gasteiger partial charge in [-0.2, -0.15) is 5.26 Å². The van der Waals surface area contributed by atoms with Gasteiger partial charge in [0.25, 0.3) is 0 Å². The molecule has 1 heterocycles. The maximum atomic E-state index is 8.88. The van der Waals surface area contributed by atoms with Crippen molar-refractivity contribution in [3.63, 3.8) is 0 Å². The van der Waals surface area contributed by atoms with Crippen molar-refractivity contribution in [3.05, 3.63) is 47.7 Å². The largest absolute Gasteiger partial charge is 0.360 e. The average Bonchev–Trinajstić information content (AvgIpc) is 2.77. The van der Waals surface area contributed by atoms with E-state index in [0.717, 1.165) is 16.8 Å². The molecule has 3 N–H and O–H groups in total. The van der Waals surface area contributed by atoms with Gasteiger partial charge < -0.3 is 10.7 Å². The van der Waals surface area contributed by atoms with Crippen LogP contribution in [0.3, 0.4) is 0 Å². The summed E-state index contributed by atoms with van der Waals surface area (Å²) in [5.41, 5.74) is 9.13. The number of aromatic nitrogens is 1. The fourth-order valence-electron chi connectivity index (χ4n) is 1.51. The van der Waals surface area contributed by atoms with Gasteiger partial charge in [-0.3, -0.25) is 0 Å². The third-order valence-electron chi connectivity index (χ3n) is 2.35. The number of benzene rings is 1. The Morgan fingerprint density at radius 3 is 2.53 bits per heavy atom. The molecular formula is C12H11N3. The zero-order chi connectivity index (χ0) is 10.7. The van der Waals surface area contributed by atoms with E-state index in [2.05, 4.69) is 11.1 Å². The fourth-order valence-corrected chi connectivity index (χ4v) is 1.51. The SMILES string of the molecule is N#Cc1cc[nH]c1-c1ccc(CN)cc1. The van der Waals surface area contributed by atoms with Gasteiger partial charge in [-0.15, -0.1) is 0 Å². The standard InChI is InChI=1S/C12H11N3/c13-7-9-1-3-10(4-2-9)12-11(8-14)5-6-15-12/h1-6,15H,7,13H2.